The molecule has 41 heavy (non-hydrogen) atoms. The highest BCUT2D eigenvalue weighted by Crippen LogP contribution is 2.33. The van der Waals surface area contributed by atoms with Crippen LogP contribution in [-0.2, 0) is 14.8 Å². The van der Waals surface area contributed by atoms with Crippen molar-refractivity contribution in [2.75, 3.05) is 50.5 Å². The van der Waals surface area contributed by atoms with Crippen LogP contribution in [0.15, 0.2) is 65.6 Å². The number of sulfonamides is 1. The van der Waals surface area contributed by atoms with Gasteiger partial charge in [-0.15, -0.1) is 0 Å². The van der Waals surface area contributed by atoms with E-state index in [-0.39, 0.29) is 17.0 Å². The largest absolute Gasteiger partial charge is 0.497 e. The van der Waals surface area contributed by atoms with Crippen molar-refractivity contribution in [3.8, 4) is 17.3 Å². The molecule has 0 radical (unpaired) electrons. The zero-order valence-corrected chi connectivity index (χ0v) is 24.2. The summed E-state index contributed by atoms with van der Waals surface area (Å²) in [7, 11) is 1.81. The number of H-pyrrole nitrogens is 2. The van der Waals surface area contributed by atoms with E-state index in [4.69, 9.17) is 14.5 Å². The Morgan fingerprint density at radius 3 is 2.71 bits per heavy atom. The average molecular weight is 576 g/mol. The normalized spacial score (nSPS) is 17.9. The molecule has 1 aliphatic rings. The molecule has 3 N–H and O–H groups in total. The van der Waals surface area contributed by atoms with Crippen LogP contribution in [0.1, 0.15) is 6.92 Å². The molecule has 3 aromatic carbocycles. The zero-order chi connectivity index (χ0) is 28.7. The second kappa shape index (κ2) is 10.7. The van der Waals surface area contributed by atoms with Crippen molar-refractivity contribution in [1.82, 2.24) is 25.1 Å². The average Bonchev–Trinajstić information content (AvgIpc) is 3.58. The lowest BCUT2D eigenvalue weighted by Crippen LogP contribution is -2.51. The number of fused-ring (bicyclic) bond motifs is 2. The van der Waals surface area contributed by atoms with Gasteiger partial charge in [0.15, 0.2) is 5.82 Å². The van der Waals surface area contributed by atoms with Crippen LogP contribution in [0, 0.1) is 0 Å². The summed E-state index contributed by atoms with van der Waals surface area (Å²) < 4.78 is 40.0. The lowest BCUT2D eigenvalue weighted by molar-refractivity contribution is 0.00880. The minimum absolute atomic E-state index is 0.127. The number of hydrogen-bond donors (Lipinski definition) is 3. The third kappa shape index (κ3) is 5.33. The van der Waals surface area contributed by atoms with Crippen molar-refractivity contribution < 1.29 is 17.9 Å². The quantitative estimate of drug-likeness (QED) is 0.253. The van der Waals surface area contributed by atoms with E-state index in [1.807, 2.05) is 12.1 Å². The first-order valence-corrected chi connectivity index (χ1v) is 14.9. The van der Waals surface area contributed by atoms with Crippen LogP contribution in [0.2, 0.25) is 0 Å². The van der Waals surface area contributed by atoms with Gasteiger partial charge >= 0.3 is 0 Å². The summed E-state index contributed by atoms with van der Waals surface area (Å²) >= 11 is 0. The Kier molecular flexibility index (Phi) is 7.06. The van der Waals surface area contributed by atoms with Crippen LogP contribution >= 0.6 is 0 Å². The predicted octanol–water partition coefficient (Wildman–Crippen LogP) is 4.07. The van der Waals surface area contributed by atoms with Gasteiger partial charge in [-0.25, -0.2) is 13.4 Å². The number of likely N-dealkylation sites (N-methyl/N-ethyl adjacent to an activating group) is 1. The highest BCUT2D eigenvalue weighted by molar-refractivity contribution is 7.92. The molecule has 11 nitrogen and oxygen atoms in total. The van der Waals surface area contributed by atoms with Crippen molar-refractivity contribution in [1.29, 1.82) is 0 Å². The Balaban J connectivity index is 1.29. The first-order valence-electron chi connectivity index (χ1n) is 13.4. The van der Waals surface area contributed by atoms with Gasteiger partial charge in [0.1, 0.15) is 17.0 Å². The van der Waals surface area contributed by atoms with E-state index in [0.29, 0.717) is 35.1 Å². The van der Waals surface area contributed by atoms with E-state index in [0.717, 1.165) is 35.2 Å². The maximum absolute atomic E-state index is 13.1. The standard InChI is InChI=1S/C29H33N7O4S/c1-18-17-40-21(15-35(2)3)16-36(18)19-8-13-24-26(14-19)31-29(30-24)28-23-6-5-7-25(27(23)32-33-28)34-41(37,38)22-11-9-20(39-4)10-12-22/h5-14,18,21,34H,15-17H2,1-4H3,(H,30,31)(H,32,33). The highest BCUT2D eigenvalue weighted by Gasteiger charge is 2.27. The smallest absolute Gasteiger partial charge is 0.261 e. The molecule has 1 fully saturated rings. The zero-order valence-electron chi connectivity index (χ0n) is 23.4. The fourth-order valence-electron chi connectivity index (χ4n) is 5.25. The van der Waals surface area contributed by atoms with Gasteiger partial charge in [-0.3, -0.25) is 9.82 Å². The maximum atomic E-state index is 13.1. The molecule has 1 aliphatic heterocycles. The Morgan fingerprint density at radius 2 is 1.95 bits per heavy atom. The van der Waals surface area contributed by atoms with Crippen molar-refractivity contribution in [3.05, 3.63) is 60.7 Å². The van der Waals surface area contributed by atoms with E-state index in [1.165, 1.54) is 19.2 Å². The minimum atomic E-state index is -3.84. The molecule has 2 aromatic heterocycles. The molecule has 0 saturated carbocycles. The fourth-order valence-corrected chi connectivity index (χ4v) is 6.32. The van der Waals surface area contributed by atoms with Gasteiger partial charge in [0.25, 0.3) is 10.0 Å². The second-order valence-electron chi connectivity index (χ2n) is 10.6. The molecule has 0 aliphatic carbocycles. The summed E-state index contributed by atoms with van der Waals surface area (Å²) in [6, 6.07) is 18.1. The Bertz CT molecular complexity index is 1800. The number of rotatable bonds is 8. The number of methoxy groups -OCH3 is 1. The summed E-state index contributed by atoms with van der Waals surface area (Å²) in [5.74, 6) is 1.20. The van der Waals surface area contributed by atoms with Gasteiger partial charge in [0.2, 0.25) is 0 Å². The van der Waals surface area contributed by atoms with E-state index in [9.17, 15) is 8.42 Å². The Hall–Kier alpha value is -4.13. The summed E-state index contributed by atoms with van der Waals surface area (Å²) in [6.07, 6.45) is 0.141. The number of nitrogens with one attached hydrogen (secondary N) is 3. The first kappa shape index (κ1) is 27.1. The second-order valence-corrected chi connectivity index (χ2v) is 12.3. The van der Waals surface area contributed by atoms with Gasteiger partial charge in [0, 0.05) is 30.2 Å². The number of aromatic amines is 2. The molecule has 2 atom stereocenters. The van der Waals surface area contributed by atoms with Crippen molar-refractivity contribution in [3.63, 3.8) is 0 Å². The van der Waals surface area contributed by atoms with Crippen LogP contribution in [0.5, 0.6) is 5.75 Å². The number of imidazole rings is 1. The molecule has 0 bridgehead atoms. The number of para-hydroxylation sites is 1. The number of hydrogen-bond acceptors (Lipinski definition) is 8. The number of anilines is 2. The van der Waals surface area contributed by atoms with Gasteiger partial charge < -0.3 is 24.3 Å². The van der Waals surface area contributed by atoms with E-state index in [1.54, 1.807) is 24.3 Å². The highest BCUT2D eigenvalue weighted by atomic mass is 32.2. The van der Waals surface area contributed by atoms with Gasteiger partial charge in [-0.05, 0) is 69.6 Å². The third-order valence-electron chi connectivity index (χ3n) is 7.31. The van der Waals surface area contributed by atoms with Gasteiger partial charge in [-0.2, -0.15) is 5.10 Å². The number of aromatic nitrogens is 4. The lowest BCUT2D eigenvalue weighted by atomic mass is 10.1. The predicted molar refractivity (Wildman–Crippen MR) is 160 cm³/mol. The van der Waals surface area contributed by atoms with E-state index in [2.05, 4.69) is 62.9 Å². The van der Waals surface area contributed by atoms with Gasteiger partial charge in [0.05, 0.1) is 41.4 Å². The Labute approximate surface area is 238 Å². The van der Waals surface area contributed by atoms with Crippen LogP contribution in [0.25, 0.3) is 33.5 Å². The third-order valence-corrected chi connectivity index (χ3v) is 8.69. The van der Waals surface area contributed by atoms with Crippen LogP contribution in [-0.4, -0.2) is 86.5 Å². The molecule has 3 heterocycles. The minimum Gasteiger partial charge on any atom is -0.497 e. The van der Waals surface area contributed by atoms with Crippen molar-refractivity contribution in [2.45, 2.75) is 24.0 Å². The molecular formula is C29H33N7O4S. The summed E-state index contributed by atoms with van der Waals surface area (Å²) in [4.78, 5) is 12.9. The van der Waals surface area contributed by atoms with Crippen LogP contribution in [0.3, 0.4) is 0 Å². The lowest BCUT2D eigenvalue weighted by Gasteiger charge is -2.40. The SMILES string of the molecule is COc1ccc(S(=O)(=O)Nc2cccc3c(-c4nc5ccc(N6CC(CN(C)C)OCC6C)cc5[nH]4)[nH]nc23)cc1. The molecule has 1 saturated heterocycles. The van der Waals surface area contributed by atoms with Gasteiger partial charge in [-0.1, -0.05) is 12.1 Å². The van der Waals surface area contributed by atoms with Crippen molar-refractivity contribution in [2.24, 2.45) is 0 Å². The molecule has 6 rings (SSSR count). The number of morpholine rings is 1. The fraction of sp³-hybridized carbons (Fsp3) is 0.310. The summed E-state index contributed by atoms with van der Waals surface area (Å²) in [5, 5.41) is 8.24. The maximum Gasteiger partial charge on any atom is 0.261 e. The number of benzene rings is 3. The number of ether oxygens (including phenoxy) is 2. The molecule has 0 amide bonds. The Morgan fingerprint density at radius 1 is 1.15 bits per heavy atom. The molecule has 5 aromatic rings. The topological polar surface area (TPSA) is 128 Å². The number of nitrogens with zero attached hydrogens (tertiary/aromatic N) is 4. The summed E-state index contributed by atoms with van der Waals surface area (Å²) in [5.41, 5.74) is 4.38. The van der Waals surface area contributed by atoms with Crippen LogP contribution in [0.4, 0.5) is 11.4 Å². The first-order chi connectivity index (χ1) is 19.7. The molecule has 214 valence electrons. The van der Waals surface area contributed by atoms with E-state index < -0.39 is 10.0 Å². The molecular weight excluding hydrogens is 542 g/mol. The van der Waals surface area contributed by atoms with Crippen molar-refractivity contribution >= 4 is 43.3 Å². The molecule has 0 spiro atoms. The monoisotopic (exact) mass is 575 g/mol. The molecule has 12 heteroatoms. The van der Waals surface area contributed by atoms with E-state index >= 15 is 0 Å². The molecule has 2 unspecified atom stereocenters. The summed E-state index contributed by atoms with van der Waals surface area (Å²) in [6.45, 7) is 4.53. The van der Waals surface area contributed by atoms with Crippen LogP contribution < -0.4 is 14.4 Å².